The molecule has 0 aliphatic rings. The molecule has 0 spiro atoms. The van der Waals surface area contributed by atoms with Crippen LogP contribution in [0.5, 0.6) is 0 Å². The molecule has 0 saturated heterocycles. The Morgan fingerprint density at radius 1 is 1.40 bits per heavy atom. The monoisotopic (exact) mass is 287 g/mol. The van der Waals surface area contributed by atoms with Crippen LogP contribution in [-0.4, -0.2) is 25.8 Å². The summed E-state index contributed by atoms with van der Waals surface area (Å²) in [6.45, 7) is 2.55. The average molecular weight is 287 g/mol. The van der Waals surface area contributed by atoms with Crippen LogP contribution in [0.15, 0.2) is 29.6 Å². The standard InChI is InChI=1S/C14H13N3O2S/c1-2-12-15-9(8-20-12)7-17-11-6-4-3-5-10(11)13(16-17)14(18)19/h3-6,8H,2,7H2,1H3,(H,18,19). The van der Waals surface area contributed by atoms with E-state index in [4.69, 9.17) is 0 Å². The van der Waals surface area contributed by atoms with E-state index in [-0.39, 0.29) is 5.69 Å². The molecule has 0 unspecified atom stereocenters. The van der Waals surface area contributed by atoms with Gasteiger partial charge < -0.3 is 5.11 Å². The van der Waals surface area contributed by atoms with E-state index in [0.29, 0.717) is 11.9 Å². The number of para-hydroxylation sites is 1. The number of carboxylic acid groups (broad SMARTS) is 1. The molecular formula is C14H13N3O2S. The lowest BCUT2D eigenvalue weighted by Gasteiger charge is -2.00. The SMILES string of the molecule is CCc1nc(Cn2nc(C(=O)O)c3ccccc32)cs1. The van der Waals surface area contributed by atoms with Gasteiger partial charge in [0.25, 0.3) is 0 Å². The molecule has 0 saturated carbocycles. The second-order valence-corrected chi connectivity index (χ2v) is 5.36. The molecule has 20 heavy (non-hydrogen) atoms. The number of aromatic carboxylic acids is 1. The van der Waals surface area contributed by atoms with E-state index >= 15 is 0 Å². The Morgan fingerprint density at radius 3 is 2.90 bits per heavy atom. The second kappa shape index (κ2) is 5.05. The Hall–Kier alpha value is -2.21. The smallest absolute Gasteiger partial charge is 0.357 e. The summed E-state index contributed by atoms with van der Waals surface area (Å²) in [5.74, 6) is -1.01. The van der Waals surface area contributed by atoms with Crippen molar-refractivity contribution in [2.24, 2.45) is 0 Å². The van der Waals surface area contributed by atoms with Crippen molar-refractivity contribution >= 4 is 28.2 Å². The second-order valence-electron chi connectivity index (χ2n) is 4.41. The van der Waals surface area contributed by atoms with E-state index in [1.54, 1.807) is 22.1 Å². The molecule has 0 aliphatic heterocycles. The highest BCUT2D eigenvalue weighted by Gasteiger charge is 2.16. The molecule has 0 radical (unpaired) electrons. The summed E-state index contributed by atoms with van der Waals surface area (Å²) in [7, 11) is 0. The maximum Gasteiger partial charge on any atom is 0.357 e. The van der Waals surface area contributed by atoms with Crippen molar-refractivity contribution in [3.63, 3.8) is 0 Å². The molecule has 102 valence electrons. The summed E-state index contributed by atoms with van der Waals surface area (Å²) in [6.07, 6.45) is 0.908. The summed E-state index contributed by atoms with van der Waals surface area (Å²) >= 11 is 1.62. The maximum atomic E-state index is 11.2. The molecule has 3 aromatic rings. The molecule has 0 bridgehead atoms. The fourth-order valence-corrected chi connectivity index (χ4v) is 2.88. The first-order valence-corrected chi connectivity index (χ1v) is 7.19. The number of hydrogen-bond acceptors (Lipinski definition) is 4. The molecule has 0 atom stereocenters. The van der Waals surface area contributed by atoms with Gasteiger partial charge in [-0.1, -0.05) is 25.1 Å². The zero-order valence-electron chi connectivity index (χ0n) is 10.9. The van der Waals surface area contributed by atoms with Gasteiger partial charge in [-0.2, -0.15) is 5.10 Å². The first kappa shape index (κ1) is 12.8. The molecular weight excluding hydrogens is 274 g/mol. The van der Waals surface area contributed by atoms with Crippen molar-refractivity contribution in [1.29, 1.82) is 0 Å². The minimum absolute atomic E-state index is 0.0894. The Morgan fingerprint density at radius 2 is 2.20 bits per heavy atom. The van der Waals surface area contributed by atoms with E-state index < -0.39 is 5.97 Å². The molecule has 2 aromatic heterocycles. The number of benzene rings is 1. The summed E-state index contributed by atoms with van der Waals surface area (Å²) in [5, 5.41) is 17.1. The van der Waals surface area contributed by atoms with Gasteiger partial charge >= 0.3 is 5.97 Å². The van der Waals surface area contributed by atoms with E-state index in [0.717, 1.165) is 22.6 Å². The van der Waals surface area contributed by atoms with Crippen LogP contribution in [-0.2, 0) is 13.0 Å². The maximum absolute atomic E-state index is 11.2. The molecule has 0 aliphatic carbocycles. The van der Waals surface area contributed by atoms with Crippen LogP contribution in [0.25, 0.3) is 10.9 Å². The van der Waals surface area contributed by atoms with Crippen molar-refractivity contribution in [2.75, 3.05) is 0 Å². The number of carboxylic acids is 1. The first-order valence-electron chi connectivity index (χ1n) is 6.31. The highest BCUT2D eigenvalue weighted by Crippen LogP contribution is 2.20. The third-order valence-corrected chi connectivity index (χ3v) is 4.12. The van der Waals surface area contributed by atoms with Crippen LogP contribution in [0.1, 0.15) is 28.1 Å². The zero-order valence-corrected chi connectivity index (χ0v) is 11.7. The van der Waals surface area contributed by atoms with E-state index in [1.807, 2.05) is 23.6 Å². The van der Waals surface area contributed by atoms with Crippen LogP contribution >= 0.6 is 11.3 Å². The van der Waals surface area contributed by atoms with Crippen LogP contribution in [0.2, 0.25) is 0 Å². The van der Waals surface area contributed by atoms with Crippen LogP contribution in [0.4, 0.5) is 0 Å². The topological polar surface area (TPSA) is 68.0 Å². The molecule has 2 heterocycles. The van der Waals surface area contributed by atoms with Gasteiger partial charge in [0.05, 0.1) is 22.8 Å². The molecule has 1 N–H and O–H groups in total. The normalized spacial score (nSPS) is 11.1. The van der Waals surface area contributed by atoms with Gasteiger partial charge in [-0.05, 0) is 12.5 Å². The summed E-state index contributed by atoms with van der Waals surface area (Å²) in [6, 6.07) is 7.35. The van der Waals surface area contributed by atoms with Gasteiger partial charge in [-0.25, -0.2) is 9.78 Å². The zero-order chi connectivity index (χ0) is 14.1. The third kappa shape index (κ3) is 2.18. The van der Waals surface area contributed by atoms with Crippen molar-refractivity contribution in [3.8, 4) is 0 Å². The Bertz CT molecular complexity index is 776. The van der Waals surface area contributed by atoms with Crippen LogP contribution in [0.3, 0.4) is 0 Å². The van der Waals surface area contributed by atoms with Gasteiger partial charge in [0.2, 0.25) is 0 Å². The number of thiazole rings is 1. The predicted molar refractivity (Wildman–Crippen MR) is 77.3 cm³/mol. The lowest BCUT2D eigenvalue weighted by Crippen LogP contribution is -2.04. The summed E-state index contributed by atoms with van der Waals surface area (Å²) < 4.78 is 1.70. The fraction of sp³-hybridized carbons (Fsp3) is 0.214. The third-order valence-electron chi connectivity index (χ3n) is 3.07. The van der Waals surface area contributed by atoms with Crippen molar-refractivity contribution in [1.82, 2.24) is 14.8 Å². The van der Waals surface area contributed by atoms with Gasteiger partial charge in [-0.15, -0.1) is 11.3 Å². The van der Waals surface area contributed by atoms with Gasteiger partial charge in [-0.3, -0.25) is 4.68 Å². The molecule has 1 aromatic carbocycles. The van der Waals surface area contributed by atoms with Gasteiger partial charge in [0.1, 0.15) is 0 Å². The van der Waals surface area contributed by atoms with Gasteiger partial charge in [0.15, 0.2) is 5.69 Å². The fourth-order valence-electron chi connectivity index (χ4n) is 2.14. The number of carbonyl (C=O) groups is 1. The number of aryl methyl sites for hydroxylation is 1. The lowest BCUT2D eigenvalue weighted by atomic mass is 10.2. The van der Waals surface area contributed by atoms with Crippen molar-refractivity contribution in [3.05, 3.63) is 46.0 Å². The van der Waals surface area contributed by atoms with Crippen molar-refractivity contribution < 1.29 is 9.90 Å². The number of fused-ring (bicyclic) bond motifs is 1. The highest BCUT2D eigenvalue weighted by molar-refractivity contribution is 7.09. The Balaban J connectivity index is 2.05. The number of nitrogens with zero attached hydrogens (tertiary/aromatic N) is 3. The van der Waals surface area contributed by atoms with E-state index in [1.165, 1.54) is 0 Å². The Kier molecular flexibility index (Phi) is 3.23. The van der Waals surface area contributed by atoms with Gasteiger partial charge in [0, 0.05) is 10.8 Å². The molecule has 5 nitrogen and oxygen atoms in total. The summed E-state index contributed by atoms with van der Waals surface area (Å²) in [4.78, 5) is 15.7. The minimum Gasteiger partial charge on any atom is -0.476 e. The highest BCUT2D eigenvalue weighted by atomic mass is 32.1. The van der Waals surface area contributed by atoms with E-state index in [2.05, 4.69) is 17.0 Å². The van der Waals surface area contributed by atoms with Crippen molar-refractivity contribution in [2.45, 2.75) is 19.9 Å². The first-order chi connectivity index (χ1) is 9.69. The number of rotatable bonds is 4. The molecule has 3 rings (SSSR count). The van der Waals surface area contributed by atoms with Crippen LogP contribution in [0, 0.1) is 0 Å². The lowest BCUT2D eigenvalue weighted by molar-refractivity contribution is 0.0691. The minimum atomic E-state index is -1.01. The number of aromatic nitrogens is 3. The summed E-state index contributed by atoms with van der Waals surface area (Å²) in [5.41, 5.74) is 1.82. The molecule has 0 amide bonds. The largest absolute Gasteiger partial charge is 0.476 e. The van der Waals surface area contributed by atoms with Crippen LogP contribution < -0.4 is 0 Å². The average Bonchev–Trinajstić information content (AvgIpc) is 3.04. The van der Waals surface area contributed by atoms with E-state index in [9.17, 15) is 9.90 Å². The quantitative estimate of drug-likeness (QED) is 0.801. The number of hydrogen-bond donors (Lipinski definition) is 1. The predicted octanol–water partition coefficient (Wildman–Crippen LogP) is 2.80. The molecule has 0 fully saturated rings. The molecule has 6 heteroatoms. The Labute approximate surface area is 119 Å².